The summed E-state index contributed by atoms with van der Waals surface area (Å²) in [5.41, 5.74) is 5.15. The number of nitrogens with zero attached hydrogens (tertiary/aromatic N) is 3. The lowest BCUT2D eigenvalue weighted by Crippen LogP contribution is -2.35. The number of aromatic nitrogens is 4. The van der Waals surface area contributed by atoms with E-state index in [-0.39, 0.29) is 12.2 Å². The number of carbonyl (C=O) groups excluding carboxylic acids is 1. The number of nitrogens with one attached hydrogen (secondary N) is 2. The van der Waals surface area contributed by atoms with Gasteiger partial charge in [0.1, 0.15) is 11.5 Å². The zero-order valence-corrected chi connectivity index (χ0v) is 19.1. The maximum atomic E-state index is 13.2. The number of Topliss-reactive ketones (excluding diaryl/α,β-unsaturated/α-hetero) is 1. The van der Waals surface area contributed by atoms with Crippen LogP contribution in [0.25, 0.3) is 22.6 Å². The minimum atomic E-state index is -0.585. The first kappa shape index (κ1) is 21.6. The van der Waals surface area contributed by atoms with Crippen LogP contribution in [0.15, 0.2) is 54.7 Å². The van der Waals surface area contributed by atoms with E-state index in [0.29, 0.717) is 5.82 Å². The van der Waals surface area contributed by atoms with Gasteiger partial charge in [0.2, 0.25) is 0 Å². The first-order valence-electron chi connectivity index (χ1n) is 11.4. The van der Waals surface area contributed by atoms with E-state index < -0.39 is 5.41 Å². The van der Waals surface area contributed by atoms with Crippen LogP contribution >= 0.6 is 0 Å². The quantitative estimate of drug-likeness (QED) is 0.453. The summed E-state index contributed by atoms with van der Waals surface area (Å²) in [6, 6.07) is 16.2. The van der Waals surface area contributed by atoms with Gasteiger partial charge in [0.25, 0.3) is 0 Å². The van der Waals surface area contributed by atoms with Crippen LogP contribution in [0.3, 0.4) is 0 Å². The van der Waals surface area contributed by atoms with Gasteiger partial charge in [-0.25, -0.2) is 4.98 Å². The van der Waals surface area contributed by atoms with Crippen LogP contribution in [0.5, 0.6) is 0 Å². The predicted molar refractivity (Wildman–Crippen MR) is 128 cm³/mol. The van der Waals surface area contributed by atoms with Gasteiger partial charge in [-0.15, -0.1) is 0 Å². The van der Waals surface area contributed by atoms with Crippen molar-refractivity contribution >= 4 is 16.8 Å². The van der Waals surface area contributed by atoms with Crippen molar-refractivity contribution < 1.29 is 9.53 Å². The number of H-pyrrole nitrogens is 2. The number of hydrogen-bond donors (Lipinski definition) is 2. The number of ether oxygens (including phenoxy) is 1. The molecule has 0 amide bonds. The molecule has 0 spiro atoms. The van der Waals surface area contributed by atoms with Crippen LogP contribution in [0.2, 0.25) is 0 Å². The van der Waals surface area contributed by atoms with Gasteiger partial charge >= 0.3 is 0 Å². The molecule has 2 N–H and O–H groups in total. The summed E-state index contributed by atoms with van der Waals surface area (Å²) in [5.74, 6) is 0.839. The molecule has 0 unspecified atom stereocenters. The van der Waals surface area contributed by atoms with Gasteiger partial charge in [-0.2, -0.15) is 5.10 Å². The standard InChI is InChI=1S/C26H29N5O2/c1-26(2,20-6-4-3-5-7-20)23(32)15-19-16-27-30-24(19)25-28-21-9-8-18(14-22(21)29-25)17-31-10-12-33-13-11-31/h3-9,14,16H,10-13,15,17H2,1-2H3,(H,27,30)(H,28,29). The van der Waals surface area contributed by atoms with Crippen molar-refractivity contribution in [1.82, 2.24) is 25.1 Å². The molecule has 7 nitrogen and oxygen atoms in total. The maximum absolute atomic E-state index is 13.2. The molecule has 3 heterocycles. The summed E-state index contributed by atoms with van der Waals surface area (Å²) >= 11 is 0. The van der Waals surface area contributed by atoms with Crippen molar-refractivity contribution in [3.8, 4) is 11.5 Å². The molecule has 0 saturated carbocycles. The Balaban J connectivity index is 1.36. The largest absolute Gasteiger partial charge is 0.379 e. The molecule has 2 aromatic heterocycles. The Morgan fingerprint density at radius 2 is 1.91 bits per heavy atom. The van der Waals surface area contributed by atoms with Crippen molar-refractivity contribution in [3.05, 3.63) is 71.4 Å². The van der Waals surface area contributed by atoms with Crippen molar-refractivity contribution in [2.75, 3.05) is 26.3 Å². The van der Waals surface area contributed by atoms with Gasteiger partial charge in [0.05, 0.1) is 30.4 Å². The van der Waals surface area contributed by atoms with E-state index in [0.717, 1.165) is 60.7 Å². The Bertz CT molecular complexity index is 1250. The molecule has 0 atom stereocenters. The van der Waals surface area contributed by atoms with E-state index >= 15 is 0 Å². The van der Waals surface area contributed by atoms with E-state index in [1.165, 1.54) is 5.56 Å². The molecule has 33 heavy (non-hydrogen) atoms. The lowest BCUT2D eigenvalue weighted by Gasteiger charge is -2.26. The highest BCUT2D eigenvalue weighted by Gasteiger charge is 2.30. The highest BCUT2D eigenvalue weighted by molar-refractivity contribution is 5.92. The first-order chi connectivity index (χ1) is 16.0. The predicted octanol–water partition coefficient (Wildman–Crippen LogP) is 3.87. The Kier molecular flexibility index (Phi) is 5.83. The van der Waals surface area contributed by atoms with Crippen molar-refractivity contribution in [2.45, 2.75) is 32.2 Å². The Morgan fingerprint density at radius 3 is 2.70 bits per heavy atom. The van der Waals surface area contributed by atoms with E-state index in [4.69, 9.17) is 9.72 Å². The molecule has 2 aromatic carbocycles. The molecular weight excluding hydrogens is 414 g/mol. The molecule has 7 heteroatoms. The Labute approximate surface area is 193 Å². The van der Waals surface area contributed by atoms with Gasteiger partial charge in [-0.05, 0) is 37.1 Å². The van der Waals surface area contributed by atoms with E-state index in [2.05, 4.69) is 32.2 Å². The molecule has 1 fully saturated rings. The summed E-state index contributed by atoms with van der Waals surface area (Å²) in [6.07, 6.45) is 2.01. The molecule has 0 bridgehead atoms. The minimum Gasteiger partial charge on any atom is -0.379 e. The Morgan fingerprint density at radius 1 is 1.12 bits per heavy atom. The zero-order chi connectivity index (χ0) is 22.8. The average molecular weight is 444 g/mol. The SMILES string of the molecule is CC(C)(C(=O)Cc1cn[nH]c1-c1nc2ccc(CN3CCOCC3)cc2[nH]1)c1ccccc1. The fourth-order valence-corrected chi connectivity index (χ4v) is 4.35. The number of imidazole rings is 1. The Hall–Kier alpha value is -3.29. The monoisotopic (exact) mass is 443 g/mol. The van der Waals surface area contributed by atoms with Gasteiger partial charge in [0, 0.05) is 37.0 Å². The van der Waals surface area contributed by atoms with Gasteiger partial charge in [-0.1, -0.05) is 36.4 Å². The van der Waals surface area contributed by atoms with E-state index in [1.54, 1.807) is 6.20 Å². The second-order valence-corrected chi connectivity index (χ2v) is 9.19. The number of fused-ring (bicyclic) bond motifs is 1. The van der Waals surface area contributed by atoms with Crippen molar-refractivity contribution in [1.29, 1.82) is 0 Å². The number of carbonyl (C=O) groups is 1. The number of rotatable bonds is 7. The number of hydrogen-bond acceptors (Lipinski definition) is 5. The molecule has 1 saturated heterocycles. The molecule has 0 radical (unpaired) electrons. The zero-order valence-electron chi connectivity index (χ0n) is 19.1. The summed E-state index contributed by atoms with van der Waals surface area (Å²) < 4.78 is 5.45. The van der Waals surface area contributed by atoms with Gasteiger partial charge in [0.15, 0.2) is 5.82 Å². The van der Waals surface area contributed by atoms with Crippen LogP contribution in [0, 0.1) is 0 Å². The fourth-order valence-electron chi connectivity index (χ4n) is 4.35. The topological polar surface area (TPSA) is 86.9 Å². The minimum absolute atomic E-state index is 0.139. The number of morpholine rings is 1. The maximum Gasteiger partial charge on any atom is 0.156 e. The van der Waals surface area contributed by atoms with Crippen molar-refractivity contribution in [3.63, 3.8) is 0 Å². The van der Waals surface area contributed by atoms with Crippen molar-refractivity contribution in [2.24, 2.45) is 0 Å². The van der Waals surface area contributed by atoms with Crippen LogP contribution < -0.4 is 0 Å². The van der Waals surface area contributed by atoms with Crippen LogP contribution in [-0.4, -0.2) is 57.2 Å². The molecule has 5 rings (SSSR count). The highest BCUT2D eigenvalue weighted by Crippen LogP contribution is 2.28. The van der Waals surface area contributed by atoms with Crippen LogP contribution in [-0.2, 0) is 27.9 Å². The molecular formula is C26H29N5O2. The molecule has 4 aromatic rings. The molecule has 1 aliphatic rings. The van der Waals surface area contributed by atoms with E-state index in [9.17, 15) is 4.79 Å². The summed E-state index contributed by atoms with van der Waals surface area (Å²) in [5, 5.41) is 7.26. The second kappa shape index (κ2) is 8.92. The average Bonchev–Trinajstić information content (AvgIpc) is 3.46. The number of aromatic amines is 2. The lowest BCUT2D eigenvalue weighted by atomic mass is 9.78. The smallest absolute Gasteiger partial charge is 0.156 e. The number of ketones is 1. The number of benzene rings is 2. The summed E-state index contributed by atoms with van der Waals surface area (Å²) in [4.78, 5) is 23.8. The molecule has 1 aliphatic heterocycles. The first-order valence-corrected chi connectivity index (χ1v) is 11.4. The third kappa shape index (κ3) is 4.47. The van der Waals surface area contributed by atoms with Crippen LogP contribution in [0.4, 0.5) is 0 Å². The third-order valence-electron chi connectivity index (χ3n) is 6.55. The third-order valence-corrected chi connectivity index (χ3v) is 6.55. The molecule has 170 valence electrons. The molecule has 0 aliphatic carbocycles. The lowest BCUT2D eigenvalue weighted by molar-refractivity contribution is -0.122. The van der Waals surface area contributed by atoms with Gasteiger partial charge < -0.3 is 9.72 Å². The summed E-state index contributed by atoms with van der Waals surface area (Å²) in [7, 11) is 0. The second-order valence-electron chi connectivity index (χ2n) is 9.19. The normalized spacial score (nSPS) is 15.2. The van der Waals surface area contributed by atoms with Gasteiger partial charge in [-0.3, -0.25) is 14.8 Å². The highest BCUT2D eigenvalue weighted by atomic mass is 16.5. The summed E-state index contributed by atoms with van der Waals surface area (Å²) in [6.45, 7) is 8.33. The van der Waals surface area contributed by atoms with E-state index in [1.807, 2.05) is 50.2 Å². The van der Waals surface area contributed by atoms with Crippen LogP contribution in [0.1, 0.15) is 30.5 Å². The fraction of sp³-hybridized carbons (Fsp3) is 0.346.